The number of anilines is 1. The summed E-state index contributed by atoms with van der Waals surface area (Å²) in [5.41, 5.74) is 0.799. The number of hydrogen-bond donors (Lipinski definition) is 2. The number of carbonyl (C=O) groups is 1. The molecule has 2 aromatic rings. The predicted molar refractivity (Wildman–Crippen MR) is 94.8 cm³/mol. The van der Waals surface area contributed by atoms with Crippen LogP contribution in [0, 0.1) is 0 Å². The number of thiocarbonyl (C=S) groups is 1. The van der Waals surface area contributed by atoms with E-state index in [1.54, 1.807) is 6.07 Å². The van der Waals surface area contributed by atoms with Gasteiger partial charge in [0.2, 0.25) is 0 Å². The standard InChI is InChI=1S/C16H18N2O2S2/c1-3-11(2)20-13-8-6-12(7-9-13)17-16(21)18-15(19)14-5-4-10-22-14/h4-11H,3H2,1-2H3,(H2,17,18,19,21). The molecular weight excluding hydrogens is 316 g/mol. The average molecular weight is 334 g/mol. The third kappa shape index (κ3) is 4.82. The lowest BCUT2D eigenvalue weighted by Crippen LogP contribution is -2.33. The monoisotopic (exact) mass is 334 g/mol. The van der Waals surface area contributed by atoms with Crippen LogP contribution in [0.4, 0.5) is 5.69 Å². The van der Waals surface area contributed by atoms with Crippen LogP contribution >= 0.6 is 23.6 Å². The number of nitrogens with one attached hydrogen (secondary N) is 2. The molecule has 1 unspecified atom stereocenters. The zero-order valence-electron chi connectivity index (χ0n) is 12.5. The molecule has 22 heavy (non-hydrogen) atoms. The van der Waals surface area contributed by atoms with Gasteiger partial charge in [0.25, 0.3) is 5.91 Å². The summed E-state index contributed by atoms with van der Waals surface area (Å²) in [5, 5.41) is 7.75. The zero-order chi connectivity index (χ0) is 15.9. The molecule has 4 nitrogen and oxygen atoms in total. The number of amides is 1. The van der Waals surface area contributed by atoms with Gasteiger partial charge in [-0.15, -0.1) is 11.3 Å². The Morgan fingerprint density at radius 2 is 2.05 bits per heavy atom. The van der Waals surface area contributed by atoms with E-state index < -0.39 is 0 Å². The van der Waals surface area contributed by atoms with Crippen LogP contribution in [0.15, 0.2) is 41.8 Å². The summed E-state index contributed by atoms with van der Waals surface area (Å²) < 4.78 is 5.71. The van der Waals surface area contributed by atoms with Crippen molar-refractivity contribution >= 4 is 40.3 Å². The molecule has 0 saturated heterocycles. The van der Waals surface area contributed by atoms with E-state index in [0.29, 0.717) is 4.88 Å². The van der Waals surface area contributed by atoms with Crippen molar-refractivity contribution in [1.29, 1.82) is 0 Å². The number of thiophene rings is 1. The molecule has 0 saturated carbocycles. The van der Waals surface area contributed by atoms with Crippen LogP contribution in [0.3, 0.4) is 0 Å². The minimum absolute atomic E-state index is 0.185. The lowest BCUT2D eigenvalue weighted by Gasteiger charge is -2.13. The van der Waals surface area contributed by atoms with Gasteiger partial charge in [0.15, 0.2) is 5.11 Å². The lowest BCUT2D eigenvalue weighted by atomic mass is 10.3. The maximum absolute atomic E-state index is 11.9. The molecule has 1 amide bonds. The highest BCUT2D eigenvalue weighted by molar-refractivity contribution is 7.80. The molecule has 0 radical (unpaired) electrons. The quantitative estimate of drug-likeness (QED) is 0.810. The normalized spacial score (nSPS) is 11.5. The summed E-state index contributed by atoms with van der Waals surface area (Å²) in [5.74, 6) is 0.609. The van der Waals surface area contributed by atoms with Crippen LogP contribution in [-0.2, 0) is 0 Å². The van der Waals surface area contributed by atoms with Gasteiger partial charge in [-0.1, -0.05) is 13.0 Å². The van der Waals surface area contributed by atoms with E-state index in [1.807, 2.05) is 42.6 Å². The van der Waals surface area contributed by atoms with Gasteiger partial charge in [0, 0.05) is 5.69 Å². The van der Waals surface area contributed by atoms with E-state index >= 15 is 0 Å². The summed E-state index contributed by atoms with van der Waals surface area (Å²) in [6.45, 7) is 4.11. The van der Waals surface area contributed by atoms with Crippen molar-refractivity contribution in [3.63, 3.8) is 0 Å². The predicted octanol–water partition coefficient (Wildman–Crippen LogP) is 4.05. The van der Waals surface area contributed by atoms with Gasteiger partial charge in [-0.25, -0.2) is 0 Å². The fourth-order valence-electron chi connectivity index (χ4n) is 1.67. The number of ether oxygens (including phenoxy) is 1. The summed E-state index contributed by atoms with van der Waals surface area (Å²) >= 11 is 6.51. The SMILES string of the molecule is CCC(C)Oc1ccc(NC(=S)NC(=O)c2cccs2)cc1. The number of rotatable bonds is 5. The molecule has 1 atom stereocenters. The Bertz CT molecular complexity index is 624. The van der Waals surface area contributed by atoms with Gasteiger partial charge in [-0.2, -0.15) is 0 Å². The average Bonchev–Trinajstić information content (AvgIpc) is 3.03. The maximum Gasteiger partial charge on any atom is 0.267 e. The topological polar surface area (TPSA) is 50.4 Å². The third-order valence-electron chi connectivity index (χ3n) is 3.00. The molecule has 1 heterocycles. The van der Waals surface area contributed by atoms with Crippen LogP contribution in [0.2, 0.25) is 0 Å². The molecule has 0 spiro atoms. The third-order valence-corrected chi connectivity index (χ3v) is 4.07. The first-order valence-electron chi connectivity index (χ1n) is 7.01. The minimum atomic E-state index is -0.204. The van der Waals surface area contributed by atoms with Gasteiger partial charge < -0.3 is 10.1 Å². The van der Waals surface area contributed by atoms with Crippen LogP contribution in [-0.4, -0.2) is 17.1 Å². The Labute approximate surface area is 139 Å². The highest BCUT2D eigenvalue weighted by atomic mass is 32.1. The first-order valence-corrected chi connectivity index (χ1v) is 8.30. The van der Waals surface area contributed by atoms with Crippen molar-refractivity contribution in [1.82, 2.24) is 5.32 Å². The van der Waals surface area contributed by atoms with Gasteiger partial charge in [0.1, 0.15) is 5.75 Å². The largest absolute Gasteiger partial charge is 0.491 e. The van der Waals surface area contributed by atoms with Crippen LogP contribution in [0.1, 0.15) is 29.9 Å². The van der Waals surface area contributed by atoms with E-state index in [1.165, 1.54) is 11.3 Å². The van der Waals surface area contributed by atoms with Crippen molar-refractivity contribution < 1.29 is 9.53 Å². The Hall–Kier alpha value is -1.92. The van der Waals surface area contributed by atoms with E-state index in [9.17, 15) is 4.79 Å². The Morgan fingerprint density at radius 3 is 2.64 bits per heavy atom. The molecule has 2 N–H and O–H groups in total. The van der Waals surface area contributed by atoms with Crippen LogP contribution in [0.25, 0.3) is 0 Å². The zero-order valence-corrected chi connectivity index (χ0v) is 14.1. The molecule has 0 fully saturated rings. The van der Waals surface area contributed by atoms with Crippen molar-refractivity contribution in [3.8, 4) is 5.75 Å². The first-order chi connectivity index (χ1) is 10.6. The Kier molecular flexibility index (Phi) is 5.91. The van der Waals surface area contributed by atoms with Crippen molar-refractivity contribution in [3.05, 3.63) is 46.7 Å². The molecule has 2 rings (SSSR count). The molecule has 1 aromatic carbocycles. The van der Waals surface area contributed by atoms with Gasteiger partial charge in [-0.3, -0.25) is 10.1 Å². The minimum Gasteiger partial charge on any atom is -0.491 e. The summed E-state index contributed by atoms with van der Waals surface area (Å²) in [6.07, 6.45) is 1.14. The Balaban J connectivity index is 1.87. The summed E-state index contributed by atoms with van der Waals surface area (Å²) in [4.78, 5) is 12.5. The second-order valence-corrected chi connectivity index (χ2v) is 6.10. The van der Waals surface area contributed by atoms with Crippen molar-refractivity contribution in [2.24, 2.45) is 0 Å². The summed E-state index contributed by atoms with van der Waals surface area (Å²) in [6, 6.07) is 11.1. The number of hydrogen-bond acceptors (Lipinski definition) is 4. The Morgan fingerprint density at radius 1 is 1.32 bits per heavy atom. The lowest BCUT2D eigenvalue weighted by molar-refractivity contribution is 0.0981. The summed E-state index contributed by atoms with van der Waals surface area (Å²) in [7, 11) is 0. The van der Waals surface area contributed by atoms with Gasteiger partial charge in [-0.05, 0) is 61.3 Å². The molecule has 0 aliphatic heterocycles. The smallest absolute Gasteiger partial charge is 0.267 e. The fraction of sp³-hybridized carbons (Fsp3) is 0.250. The molecule has 1 aromatic heterocycles. The maximum atomic E-state index is 11.9. The van der Waals surface area contributed by atoms with Crippen molar-refractivity contribution in [2.45, 2.75) is 26.4 Å². The first kappa shape index (κ1) is 16.5. The number of benzene rings is 1. The highest BCUT2D eigenvalue weighted by Gasteiger charge is 2.08. The van der Waals surface area contributed by atoms with E-state index in [2.05, 4.69) is 17.6 Å². The van der Waals surface area contributed by atoms with E-state index in [0.717, 1.165) is 17.9 Å². The molecule has 0 bridgehead atoms. The molecular formula is C16H18N2O2S2. The highest BCUT2D eigenvalue weighted by Crippen LogP contribution is 2.17. The fourth-order valence-corrected chi connectivity index (χ4v) is 2.50. The van der Waals surface area contributed by atoms with E-state index in [-0.39, 0.29) is 17.1 Å². The van der Waals surface area contributed by atoms with Gasteiger partial charge >= 0.3 is 0 Å². The second-order valence-electron chi connectivity index (χ2n) is 4.75. The van der Waals surface area contributed by atoms with E-state index in [4.69, 9.17) is 17.0 Å². The van der Waals surface area contributed by atoms with Crippen LogP contribution in [0.5, 0.6) is 5.75 Å². The second kappa shape index (κ2) is 7.91. The molecule has 6 heteroatoms. The number of carbonyl (C=O) groups excluding carboxylic acids is 1. The molecule has 0 aliphatic rings. The van der Waals surface area contributed by atoms with Gasteiger partial charge in [0.05, 0.1) is 11.0 Å². The van der Waals surface area contributed by atoms with Crippen molar-refractivity contribution in [2.75, 3.05) is 5.32 Å². The molecule has 116 valence electrons. The molecule has 0 aliphatic carbocycles. The van der Waals surface area contributed by atoms with Crippen LogP contribution < -0.4 is 15.4 Å².